The Morgan fingerprint density at radius 3 is 2.50 bits per heavy atom. The highest BCUT2D eigenvalue weighted by Gasteiger charge is 2.14. The molecule has 0 fully saturated rings. The van der Waals surface area contributed by atoms with Gasteiger partial charge in [-0.25, -0.2) is 13.1 Å². The zero-order valence-corrected chi connectivity index (χ0v) is 13.1. The van der Waals surface area contributed by atoms with E-state index in [4.69, 9.17) is 5.73 Å². The number of unbranched alkanes of at least 4 members (excludes halogenated alkanes) is 1. The van der Waals surface area contributed by atoms with Crippen LogP contribution in [0.2, 0.25) is 0 Å². The van der Waals surface area contributed by atoms with E-state index in [1.165, 1.54) is 13.1 Å². The summed E-state index contributed by atoms with van der Waals surface area (Å²) in [5.74, 6) is 0. The second-order valence-corrected chi connectivity index (χ2v) is 6.75. The van der Waals surface area contributed by atoms with Gasteiger partial charge in [0.1, 0.15) is 4.90 Å². The minimum absolute atomic E-state index is 0.109. The monoisotopic (exact) mass is 300 g/mol. The molecular weight excluding hydrogens is 276 g/mol. The fourth-order valence-corrected chi connectivity index (χ4v) is 2.64. The van der Waals surface area contributed by atoms with Gasteiger partial charge in [0.2, 0.25) is 10.0 Å². The minimum atomic E-state index is -3.49. The number of hydrogen-bond acceptors (Lipinski definition) is 5. The maximum atomic E-state index is 11.7. The van der Waals surface area contributed by atoms with Crippen molar-refractivity contribution in [1.82, 2.24) is 9.62 Å². The van der Waals surface area contributed by atoms with Crippen LogP contribution in [-0.4, -0.2) is 47.6 Å². The molecule has 7 heteroatoms. The number of benzene rings is 1. The fraction of sp³-hybridized carbons (Fsp3) is 0.538. The Bertz CT molecular complexity index is 529. The molecule has 1 aromatic rings. The van der Waals surface area contributed by atoms with Gasteiger partial charge in [-0.05, 0) is 58.7 Å². The molecule has 0 aliphatic carbocycles. The van der Waals surface area contributed by atoms with Crippen LogP contribution in [0.1, 0.15) is 12.8 Å². The van der Waals surface area contributed by atoms with Crippen LogP contribution >= 0.6 is 0 Å². The van der Waals surface area contributed by atoms with E-state index >= 15 is 0 Å². The molecule has 0 aliphatic rings. The molecule has 0 aliphatic heterocycles. The third-order valence-corrected chi connectivity index (χ3v) is 4.42. The Kier molecular flexibility index (Phi) is 6.25. The molecule has 0 heterocycles. The number of nitrogen functional groups attached to an aromatic ring is 1. The molecule has 0 atom stereocenters. The first-order valence-corrected chi connectivity index (χ1v) is 8.07. The van der Waals surface area contributed by atoms with Gasteiger partial charge in [-0.15, -0.1) is 0 Å². The predicted molar refractivity (Wildman–Crippen MR) is 83.4 cm³/mol. The molecule has 0 saturated heterocycles. The van der Waals surface area contributed by atoms with Crippen molar-refractivity contribution in [1.29, 1.82) is 0 Å². The second-order valence-electron chi connectivity index (χ2n) is 4.90. The zero-order valence-electron chi connectivity index (χ0n) is 12.3. The van der Waals surface area contributed by atoms with Crippen molar-refractivity contribution in [3.8, 4) is 0 Å². The van der Waals surface area contributed by atoms with E-state index in [2.05, 4.69) is 29.0 Å². The van der Waals surface area contributed by atoms with Crippen LogP contribution in [0, 0.1) is 0 Å². The summed E-state index contributed by atoms with van der Waals surface area (Å²) >= 11 is 0. The third kappa shape index (κ3) is 4.99. The molecule has 4 N–H and O–H groups in total. The number of nitrogens with one attached hydrogen (secondary N) is 2. The molecule has 1 aromatic carbocycles. The molecule has 6 nitrogen and oxygen atoms in total. The number of nitrogens with zero attached hydrogens (tertiary/aromatic N) is 1. The lowest BCUT2D eigenvalue weighted by atomic mass is 10.2. The normalized spacial score (nSPS) is 11.8. The Morgan fingerprint density at radius 1 is 1.25 bits per heavy atom. The van der Waals surface area contributed by atoms with Gasteiger partial charge in [-0.1, -0.05) is 0 Å². The van der Waals surface area contributed by atoms with E-state index in [0.29, 0.717) is 0 Å². The van der Waals surface area contributed by atoms with Crippen LogP contribution in [-0.2, 0) is 10.0 Å². The van der Waals surface area contributed by atoms with Gasteiger partial charge in [0.15, 0.2) is 0 Å². The van der Waals surface area contributed by atoms with Crippen LogP contribution in [0.4, 0.5) is 11.4 Å². The highest BCUT2D eigenvalue weighted by atomic mass is 32.2. The topological polar surface area (TPSA) is 87.5 Å². The first-order chi connectivity index (χ1) is 9.36. The Balaban J connectivity index is 2.56. The van der Waals surface area contributed by atoms with E-state index in [-0.39, 0.29) is 10.6 Å². The molecule has 0 spiro atoms. The SMILES string of the molecule is CNS(=O)(=O)c1ccc(NCCCCN(C)C)cc1N. The van der Waals surface area contributed by atoms with Crippen molar-refractivity contribution in [3.05, 3.63) is 18.2 Å². The highest BCUT2D eigenvalue weighted by molar-refractivity contribution is 7.89. The van der Waals surface area contributed by atoms with Gasteiger partial charge >= 0.3 is 0 Å². The number of sulfonamides is 1. The van der Waals surface area contributed by atoms with Crippen LogP contribution in [0.5, 0.6) is 0 Å². The van der Waals surface area contributed by atoms with Crippen LogP contribution in [0.15, 0.2) is 23.1 Å². The average molecular weight is 300 g/mol. The molecule has 0 aromatic heterocycles. The number of anilines is 2. The summed E-state index contributed by atoms with van der Waals surface area (Å²) in [6.07, 6.45) is 2.16. The number of rotatable bonds is 8. The quantitative estimate of drug-likeness (QED) is 0.491. The maximum Gasteiger partial charge on any atom is 0.242 e. The standard InChI is InChI=1S/C13H24N4O2S/c1-15-20(18,19)13-7-6-11(10-12(13)14)16-8-4-5-9-17(2)3/h6-7,10,15-16H,4-5,8-9,14H2,1-3H3. The van der Waals surface area contributed by atoms with Gasteiger partial charge in [0, 0.05) is 12.2 Å². The summed E-state index contributed by atoms with van der Waals surface area (Å²) in [4.78, 5) is 2.26. The summed E-state index contributed by atoms with van der Waals surface area (Å²) in [6, 6.07) is 4.89. The number of nitrogens with two attached hydrogens (primary N) is 1. The van der Waals surface area contributed by atoms with Crippen LogP contribution in [0.3, 0.4) is 0 Å². The lowest BCUT2D eigenvalue weighted by Gasteiger charge is -2.12. The first-order valence-electron chi connectivity index (χ1n) is 6.58. The Labute approximate surface area is 121 Å². The molecule has 1 rings (SSSR count). The van der Waals surface area contributed by atoms with E-state index < -0.39 is 10.0 Å². The Morgan fingerprint density at radius 2 is 1.95 bits per heavy atom. The van der Waals surface area contributed by atoms with Crippen LogP contribution < -0.4 is 15.8 Å². The lowest BCUT2D eigenvalue weighted by Crippen LogP contribution is -2.20. The largest absolute Gasteiger partial charge is 0.398 e. The lowest BCUT2D eigenvalue weighted by molar-refractivity contribution is 0.396. The van der Waals surface area contributed by atoms with Crippen molar-refractivity contribution in [2.75, 3.05) is 45.3 Å². The van der Waals surface area contributed by atoms with Crippen molar-refractivity contribution in [2.24, 2.45) is 0 Å². The molecular formula is C13H24N4O2S. The number of hydrogen-bond donors (Lipinski definition) is 3. The van der Waals surface area contributed by atoms with Gasteiger partial charge < -0.3 is 16.0 Å². The summed E-state index contributed by atoms with van der Waals surface area (Å²) in [7, 11) is 1.98. The Hall–Kier alpha value is -1.31. The van der Waals surface area contributed by atoms with Crippen molar-refractivity contribution in [3.63, 3.8) is 0 Å². The summed E-state index contributed by atoms with van der Waals surface area (Å²) < 4.78 is 25.6. The molecule has 0 saturated carbocycles. The molecule has 20 heavy (non-hydrogen) atoms. The maximum absolute atomic E-state index is 11.7. The molecule has 0 radical (unpaired) electrons. The average Bonchev–Trinajstić information content (AvgIpc) is 2.37. The second kappa shape index (κ2) is 7.47. The van der Waals surface area contributed by atoms with Crippen molar-refractivity contribution in [2.45, 2.75) is 17.7 Å². The van der Waals surface area contributed by atoms with Gasteiger partial charge in [-0.3, -0.25) is 0 Å². The molecule has 0 unspecified atom stereocenters. The first kappa shape index (κ1) is 16.7. The molecule has 0 bridgehead atoms. The predicted octanol–water partition coefficient (Wildman–Crippen LogP) is 0.931. The summed E-state index contributed by atoms with van der Waals surface area (Å²) in [5, 5.41) is 3.24. The zero-order chi connectivity index (χ0) is 15.2. The molecule has 114 valence electrons. The van der Waals surface area contributed by atoms with E-state index in [0.717, 1.165) is 31.6 Å². The van der Waals surface area contributed by atoms with E-state index in [9.17, 15) is 8.42 Å². The summed E-state index contributed by atoms with van der Waals surface area (Å²) in [5.41, 5.74) is 6.87. The fourth-order valence-electron chi connectivity index (χ4n) is 1.80. The van der Waals surface area contributed by atoms with Gasteiger partial charge in [0.25, 0.3) is 0 Å². The van der Waals surface area contributed by atoms with E-state index in [1.807, 2.05) is 0 Å². The van der Waals surface area contributed by atoms with Crippen molar-refractivity contribution >= 4 is 21.4 Å². The smallest absolute Gasteiger partial charge is 0.242 e. The third-order valence-electron chi connectivity index (χ3n) is 2.93. The van der Waals surface area contributed by atoms with E-state index in [1.54, 1.807) is 12.1 Å². The summed E-state index contributed by atoms with van der Waals surface area (Å²) in [6.45, 7) is 1.90. The molecule has 0 amide bonds. The van der Waals surface area contributed by atoms with Crippen LogP contribution in [0.25, 0.3) is 0 Å². The van der Waals surface area contributed by atoms with Crippen molar-refractivity contribution < 1.29 is 8.42 Å². The van der Waals surface area contributed by atoms with Gasteiger partial charge in [0.05, 0.1) is 5.69 Å². The highest BCUT2D eigenvalue weighted by Crippen LogP contribution is 2.22. The minimum Gasteiger partial charge on any atom is -0.398 e. The van der Waals surface area contributed by atoms with Gasteiger partial charge in [-0.2, -0.15) is 0 Å².